The van der Waals surface area contributed by atoms with E-state index in [2.05, 4.69) is 21.3 Å². The maximum absolute atomic E-state index is 12.0. The third-order valence-electron chi connectivity index (χ3n) is 5.72. The summed E-state index contributed by atoms with van der Waals surface area (Å²) in [7, 11) is 0. The van der Waals surface area contributed by atoms with E-state index in [1.165, 1.54) is 32.1 Å². The van der Waals surface area contributed by atoms with Crippen LogP contribution < -0.4 is 27.0 Å². The molecule has 0 spiro atoms. The Morgan fingerprint density at radius 2 is 1.27 bits per heavy atom. The van der Waals surface area contributed by atoms with Crippen molar-refractivity contribution in [1.29, 1.82) is 0 Å². The summed E-state index contributed by atoms with van der Waals surface area (Å²) in [5.74, 6) is 0.618. The number of carbonyl (C=O) groups is 2. The zero-order valence-corrected chi connectivity index (χ0v) is 19.1. The van der Waals surface area contributed by atoms with Crippen molar-refractivity contribution in [2.45, 2.75) is 83.5 Å². The molecule has 0 saturated heterocycles. The highest BCUT2D eigenvalue weighted by Gasteiger charge is 2.20. The molecule has 1 aliphatic rings. The zero-order valence-electron chi connectivity index (χ0n) is 19.1. The summed E-state index contributed by atoms with van der Waals surface area (Å²) in [6.45, 7) is 6.29. The molecule has 7 heteroatoms. The van der Waals surface area contributed by atoms with E-state index in [1.54, 1.807) is 0 Å². The molecular formula is C23H47N5O2. The summed E-state index contributed by atoms with van der Waals surface area (Å²) in [6.07, 6.45) is 13.5. The van der Waals surface area contributed by atoms with Crippen LogP contribution in [-0.2, 0) is 9.59 Å². The first-order chi connectivity index (χ1) is 14.7. The maximum atomic E-state index is 12.0. The molecule has 0 unspecified atom stereocenters. The van der Waals surface area contributed by atoms with E-state index in [1.807, 2.05) is 0 Å². The van der Waals surface area contributed by atoms with Crippen LogP contribution in [0.4, 0.5) is 0 Å². The summed E-state index contributed by atoms with van der Waals surface area (Å²) in [6, 6.07) is 0. The summed E-state index contributed by atoms with van der Waals surface area (Å²) in [5, 5.41) is 12.9. The minimum absolute atomic E-state index is 0.143. The fourth-order valence-electron chi connectivity index (χ4n) is 3.81. The molecule has 0 aromatic carbocycles. The summed E-state index contributed by atoms with van der Waals surface area (Å²) in [4.78, 5) is 23.9. The molecule has 0 bridgehead atoms. The van der Waals surface area contributed by atoms with Gasteiger partial charge in [-0.05, 0) is 84.1 Å². The van der Waals surface area contributed by atoms with Gasteiger partial charge in [0.1, 0.15) is 0 Å². The van der Waals surface area contributed by atoms with Crippen molar-refractivity contribution in [1.82, 2.24) is 21.3 Å². The Morgan fingerprint density at radius 3 is 1.97 bits per heavy atom. The highest BCUT2D eigenvalue weighted by atomic mass is 16.2. The predicted molar refractivity (Wildman–Crippen MR) is 124 cm³/mol. The lowest BCUT2D eigenvalue weighted by Gasteiger charge is -2.20. The van der Waals surface area contributed by atoms with Gasteiger partial charge in [-0.25, -0.2) is 0 Å². The maximum Gasteiger partial charge on any atom is 0.223 e. The SMILES string of the molecule is NCCCNCCCCNCCCNC(=O)CCCCCNC(=O)C1CCCCC1. The number of rotatable bonds is 19. The molecule has 0 atom stereocenters. The summed E-state index contributed by atoms with van der Waals surface area (Å²) < 4.78 is 0. The lowest BCUT2D eigenvalue weighted by molar-refractivity contribution is -0.126. The van der Waals surface area contributed by atoms with Crippen molar-refractivity contribution in [3.8, 4) is 0 Å². The van der Waals surface area contributed by atoms with E-state index in [0.717, 1.165) is 90.8 Å². The van der Waals surface area contributed by atoms with Gasteiger partial charge < -0.3 is 27.0 Å². The molecule has 2 amide bonds. The number of nitrogens with two attached hydrogens (primary N) is 1. The van der Waals surface area contributed by atoms with Gasteiger partial charge in [0.25, 0.3) is 0 Å². The van der Waals surface area contributed by atoms with Crippen molar-refractivity contribution in [3.63, 3.8) is 0 Å². The fourth-order valence-corrected chi connectivity index (χ4v) is 3.81. The molecular weight excluding hydrogens is 378 g/mol. The molecule has 7 nitrogen and oxygen atoms in total. The normalized spacial score (nSPS) is 14.6. The lowest BCUT2D eigenvalue weighted by Crippen LogP contribution is -2.32. The largest absolute Gasteiger partial charge is 0.356 e. The van der Waals surface area contributed by atoms with Crippen molar-refractivity contribution in [2.24, 2.45) is 11.7 Å². The van der Waals surface area contributed by atoms with Crippen molar-refractivity contribution < 1.29 is 9.59 Å². The van der Waals surface area contributed by atoms with Gasteiger partial charge in [-0.3, -0.25) is 9.59 Å². The van der Waals surface area contributed by atoms with Crippen LogP contribution in [0.25, 0.3) is 0 Å². The topological polar surface area (TPSA) is 108 Å². The van der Waals surface area contributed by atoms with Crippen LogP contribution >= 0.6 is 0 Å². The highest BCUT2D eigenvalue weighted by Crippen LogP contribution is 2.23. The van der Waals surface area contributed by atoms with Gasteiger partial charge in [-0.2, -0.15) is 0 Å². The molecule has 176 valence electrons. The second-order valence-corrected chi connectivity index (χ2v) is 8.49. The number of amides is 2. The van der Waals surface area contributed by atoms with Gasteiger partial charge >= 0.3 is 0 Å². The molecule has 0 aromatic rings. The summed E-state index contributed by atoms with van der Waals surface area (Å²) >= 11 is 0. The van der Waals surface area contributed by atoms with Gasteiger partial charge in [-0.1, -0.05) is 25.7 Å². The molecule has 1 saturated carbocycles. The first-order valence-corrected chi connectivity index (χ1v) is 12.4. The number of hydrogen-bond donors (Lipinski definition) is 5. The Labute approximate surface area is 184 Å². The van der Waals surface area contributed by atoms with Crippen molar-refractivity contribution in [3.05, 3.63) is 0 Å². The molecule has 0 radical (unpaired) electrons. The third-order valence-corrected chi connectivity index (χ3v) is 5.72. The second kappa shape index (κ2) is 19.8. The zero-order chi connectivity index (χ0) is 21.7. The quantitative estimate of drug-likeness (QED) is 0.204. The van der Waals surface area contributed by atoms with Gasteiger partial charge in [0.2, 0.25) is 11.8 Å². The molecule has 0 aromatic heterocycles. The van der Waals surface area contributed by atoms with E-state index in [-0.39, 0.29) is 17.7 Å². The van der Waals surface area contributed by atoms with Gasteiger partial charge in [0, 0.05) is 25.4 Å². The van der Waals surface area contributed by atoms with Crippen LogP contribution in [0.3, 0.4) is 0 Å². The van der Waals surface area contributed by atoms with Crippen LogP contribution in [0.5, 0.6) is 0 Å². The molecule has 30 heavy (non-hydrogen) atoms. The van der Waals surface area contributed by atoms with Crippen molar-refractivity contribution >= 4 is 11.8 Å². The van der Waals surface area contributed by atoms with Crippen LogP contribution in [0, 0.1) is 5.92 Å². The molecule has 0 aliphatic heterocycles. The standard InChI is InChI=1S/C23H47N5O2/c24-14-9-17-25-15-7-8-16-26-18-10-20-27-22(29)13-5-2-6-19-28-23(30)21-11-3-1-4-12-21/h21,25-26H,1-20,24H2,(H,27,29)(H,28,30). The van der Waals surface area contributed by atoms with E-state index >= 15 is 0 Å². The average molecular weight is 426 g/mol. The monoisotopic (exact) mass is 425 g/mol. The highest BCUT2D eigenvalue weighted by molar-refractivity contribution is 5.78. The molecule has 6 N–H and O–H groups in total. The predicted octanol–water partition coefficient (Wildman–Crippen LogP) is 2.06. The average Bonchev–Trinajstić information content (AvgIpc) is 2.77. The van der Waals surface area contributed by atoms with Gasteiger partial charge in [0.15, 0.2) is 0 Å². The molecule has 1 aliphatic carbocycles. The summed E-state index contributed by atoms with van der Waals surface area (Å²) in [5.41, 5.74) is 5.45. The second-order valence-electron chi connectivity index (χ2n) is 8.49. The minimum atomic E-state index is 0.143. The van der Waals surface area contributed by atoms with Crippen LogP contribution in [0.15, 0.2) is 0 Å². The smallest absolute Gasteiger partial charge is 0.223 e. The Kier molecular flexibility index (Phi) is 17.7. The fraction of sp³-hybridized carbons (Fsp3) is 0.913. The van der Waals surface area contributed by atoms with Gasteiger partial charge in [0.05, 0.1) is 0 Å². The first kappa shape index (κ1) is 26.9. The number of carbonyl (C=O) groups excluding carboxylic acids is 2. The molecule has 0 heterocycles. The van der Waals surface area contributed by atoms with E-state index in [0.29, 0.717) is 6.42 Å². The van der Waals surface area contributed by atoms with Crippen LogP contribution in [-0.4, -0.2) is 57.6 Å². The molecule has 1 fully saturated rings. The van der Waals surface area contributed by atoms with Crippen molar-refractivity contribution in [2.75, 3.05) is 45.8 Å². The number of unbranched alkanes of at least 4 members (excludes halogenated alkanes) is 3. The van der Waals surface area contributed by atoms with E-state index in [9.17, 15) is 9.59 Å². The third kappa shape index (κ3) is 15.6. The Balaban J connectivity index is 1.78. The number of hydrogen-bond acceptors (Lipinski definition) is 5. The Hall–Kier alpha value is -1.18. The van der Waals surface area contributed by atoms with Crippen LogP contribution in [0.1, 0.15) is 83.5 Å². The van der Waals surface area contributed by atoms with E-state index in [4.69, 9.17) is 5.73 Å². The Bertz CT molecular complexity index is 428. The minimum Gasteiger partial charge on any atom is -0.356 e. The van der Waals surface area contributed by atoms with E-state index < -0.39 is 0 Å². The number of nitrogens with one attached hydrogen (secondary N) is 4. The first-order valence-electron chi connectivity index (χ1n) is 12.4. The Morgan fingerprint density at radius 1 is 0.667 bits per heavy atom. The van der Waals surface area contributed by atoms with Crippen LogP contribution in [0.2, 0.25) is 0 Å². The van der Waals surface area contributed by atoms with Gasteiger partial charge in [-0.15, -0.1) is 0 Å². The molecule has 1 rings (SSSR count). The lowest BCUT2D eigenvalue weighted by atomic mass is 9.89.